The lowest BCUT2D eigenvalue weighted by Crippen LogP contribution is -2.31. The Labute approximate surface area is 219 Å². The second kappa shape index (κ2) is 11.1. The van der Waals surface area contributed by atoms with Crippen molar-refractivity contribution in [3.8, 4) is 22.5 Å². The number of hydrogen-bond donors (Lipinski definition) is 0. The summed E-state index contributed by atoms with van der Waals surface area (Å²) in [5.41, 5.74) is 3.73. The van der Waals surface area contributed by atoms with E-state index in [0.717, 1.165) is 30.2 Å². The van der Waals surface area contributed by atoms with Crippen LogP contribution in [0, 0.1) is 30.2 Å². The molecule has 0 unspecified atom stereocenters. The summed E-state index contributed by atoms with van der Waals surface area (Å²) >= 11 is 0. The molecule has 0 fully saturated rings. The molecule has 38 heavy (non-hydrogen) atoms. The smallest absolute Gasteiger partial charge is 0.232 e. The van der Waals surface area contributed by atoms with Gasteiger partial charge in [-0.15, -0.1) is 0 Å². The number of carbonyl (C=O) groups excluding carboxylic acids is 1. The van der Waals surface area contributed by atoms with Gasteiger partial charge in [-0.3, -0.25) is 9.69 Å². The molecular weight excluding hydrogens is 494 g/mol. The van der Waals surface area contributed by atoms with Gasteiger partial charge in [0.25, 0.3) is 0 Å². The first-order chi connectivity index (χ1) is 18.3. The maximum Gasteiger partial charge on any atom is 0.232 e. The molecule has 0 radical (unpaired) electrons. The van der Waals surface area contributed by atoms with Gasteiger partial charge in [-0.1, -0.05) is 68.4 Å². The molecule has 1 amide bonds. The number of amides is 1. The van der Waals surface area contributed by atoms with Crippen LogP contribution in [-0.2, 0) is 24.1 Å². The third kappa shape index (κ3) is 4.78. The Bertz CT molecular complexity index is 1480. The van der Waals surface area contributed by atoms with Gasteiger partial charge >= 0.3 is 0 Å². The van der Waals surface area contributed by atoms with E-state index >= 15 is 0 Å². The molecule has 0 saturated carbocycles. The standard InChI is InChI=1S/C28H21F4N3O.C2H6/c1-15-19(23(30)25(32)24(31)22(15)29)14-21(36)35(2)28-26(17-9-4-3-5-10-17)34-27-18-11-7-6-8-16(18)12-13-20(27)33-28;1-2/h3-11H,12-14H2,1-2H3;1-2H3. The number of likely N-dealkylation sites (N-methyl/N-ethyl adjacent to an activating group) is 1. The average Bonchev–Trinajstić information content (AvgIpc) is 2.97. The molecule has 0 saturated heterocycles. The summed E-state index contributed by atoms with van der Waals surface area (Å²) in [6, 6.07) is 17.1. The van der Waals surface area contributed by atoms with Crippen molar-refractivity contribution in [2.24, 2.45) is 0 Å². The number of halogens is 4. The Morgan fingerprint density at radius 1 is 0.816 bits per heavy atom. The number of hydrogen-bond acceptors (Lipinski definition) is 3. The fraction of sp³-hybridized carbons (Fsp3) is 0.233. The summed E-state index contributed by atoms with van der Waals surface area (Å²) in [5, 5.41) is 0. The molecule has 8 heteroatoms. The number of rotatable bonds is 4. The maximum absolute atomic E-state index is 14.5. The third-order valence-corrected chi connectivity index (χ3v) is 6.55. The monoisotopic (exact) mass is 521 g/mol. The highest BCUT2D eigenvalue weighted by atomic mass is 19.2. The van der Waals surface area contributed by atoms with E-state index in [-0.39, 0.29) is 5.82 Å². The van der Waals surface area contributed by atoms with Crippen LogP contribution in [0.1, 0.15) is 36.2 Å². The van der Waals surface area contributed by atoms with E-state index < -0.39 is 46.7 Å². The highest BCUT2D eigenvalue weighted by molar-refractivity contribution is 5.97. The third-order valence-electron chi connectivity index (χ3n) is 6.55. The summed E-state index contributed by atoms with van der Waals surface area (Å²) in [7, 11) is 1.45. The van der Waals surface area contributed by atoms with Crippen molar-refractivity contribution in [1.82, 2.24) is 9.97 Å². The first kappa shape index (κ1) is 27.0. The van der Waals surface area contributed by atoms with E-state index in [9.17, 15) is 22.4 Å². The molecule has 196 valence electrons. The van der Waals surface area contributed by atoms with Crippen LogP contribution in [0.25, 0.3) is 22.5 Å². The zero-order valence-corrected chi connectivity index (χ0v) is 21.6. The van der Waals surface area contributed by atoms with Crippen LogP contribution in [0.15, 0.2) is 54.6 Å². The lowest BCUT2D eigenvalue weighted by Gasteiger charge is -2.25. The average molecular weight is 522 g/mol. The fourth-order valence-electron chi connectivity index (χ4n) is 4.48. The molecule has 0 bridgehead atoms. The second-order valence-corrected chi connectivity index (χ2v) is 8.70. The summed E-state index contributed by atoms with van der Waals surface area (Å²) in [4.78, 5) is 24.1. The number of aromatic nitrogens is 2. The van der Waals surface area contributed by atoms with Crippen LogP contribution in [0.3, 0.4) is 0 Å². The van der Waals surface area contributed by atoms with E-state index in [1.54, 1.807) is 0 Å². The van der Waals surface area contributed by atoms with Crippen molar-refractivity contribution in [2.45, 2.75) is 40.0 Å². The first-order valence-corrected chi connectivity index (χ1v) is 12.4. The fourth-order valence-corrected chi connectivity index (χ4v) is 4.48. The summed E-state index contributed by atoms with van der Waals surface area (Å²) in [6.07, 6.45) is 0.696. The minimum absolute atomic E-state index is 0.241. The SMILES string of the molecule is CC.Cc1c(F)c(F)c(F)c(F)c1CC(=O)N(C)c1nc2c(nc1-c1ccccc1)-c1ccccc1CC2. The van der Waals surface area contributed by atoms with Gasteiger partial charge in [0.05, 0.1) is 17.8 Å². The number of nitrogens with zero attached hydrogens (tertiary/aromatic N) is 3. The maximum atomic E-state index is 14.5. The quantitative estimate of drug-likeness (QED) is 0.165. The molecule has 0 spiro atoms. The zero-order chi connectivity index (χ0) is 27.6. The van der Waals surface area contributed by atoms with E-state index in [2.05, 4.69) is 0 Å². The molecule has 5 rings (SSSR count). The molecule has 1 heterocycles. The van der Waals surface area contributed by atoms with E-state index in [4.69, 9.17) is 9.97 Å². The first-order valence-electron chi connectivity index (χ1n) is 12.4. The highest BCUT2D eigenvalue weighted by Crippen LogP contribution is 2.36. The van der Waals surface area contributed by atoms with Crippen LogP contribution in [-0.4, -0.2) is 22.9 Å². The predicted octanol–water partition coefficient (Wildman–Crippen LogP) is 7.01. The van der Waals surface area contributed by atoms with Gasteiger partial charge in [0.1, 0.15) is 5.69 Å². The minimum Gasteiger partial charge on any atom is -0.298 e. The van der Waals surface area contributed by atoms with E-state index in [1.807, 2.05) is 68.4 Å². The van der Waals surface area contributed by atoms with Gasteiger partial charge in [0.15, 0.2) is 29.1 Å². The van der Waals surface area contributed by atoms with Gasteiger partial charge in [0, 0.05) is 23.7 Å². The van der Waals surface area contributed by atoms with Crippen molar-refractivity contribution < 1.29 is 22.4 Å². The molecule has 0 N–H and O–H groups in total. The van der Waals surface area contributed by atoms with Crippen LogP contribution in [0.2, 0.25) is 0 Å². The van der Waals surface area contributed by atoms with Gasteiger partial charge in [-0.25, -0.2) is 27.5 Å². The molecule has 0 atom stereocenters. The number of aryl methyl sites for hydroxylation is 2. The van der Waals surface area contributed by atoms with Crippen molar-refractivity contribution >= 4 is 11.7 Å². The van der Waals surface area contributed by atoms with Crippen molar-refractivity contribution in [3.63, 3.8) is 0 Å². The summed E-state index contributed by atoms with van der Waals surface area (Å²) < 4.78 is 56.0. The van der Waals surface area contributed by atoms with Crippen LogP contribution >= 0.6 is 0 Å². The normalized spacial score (nSPS) is 11.7. The van der Waals surface area contributed by atoms with E-state index in [0.29, 0.717) is 23.4 Å². The number of benzene rings is 3. The van der Waals surface area contributed by atoms with Crippen molar-refractivity contribution in [2.75, 3.05) is 11.9 Å². The Kier molecular flexibility index (Phi) is 7.90. The van der Waals surface area contributed by atoms with Crippen LogP contribution in [0.4, 0.5) is 23.4 Å². The lowest BCUT2D eigenvalue weighted by atomic mass is 9.91. The molecule has 1 aliphatic rings. The Morgan fingerprint density at radius 3 is 2.16 bits per heavy atom. The summed E-state index contributed by atoms with van der Waals surface area (Å²) in [6.45, 7) is 5.11. The molecule has 1 aromatic heterocycles. The predicted molar refractivity (Wildman–Crippen MR) is 140 cm³/mol. The van der Waals surface area contributed by atoms with Gasteiger partial charge in [-0.05, 0) is 30.9 Å². The number of fused-ring (bicyclic) bond motifs is 3. The Morgan fingerprint density at radius 2 is 1.45 bits per heavy atom. The summed E-state index contributed by atoms with van der Waals surface area (Å²) in [5.74, 6) is -7.38. The lowest BCUT2D eigenvalue weighted by molar-refractivity contribution is -0.117. The Balaban J connectivity index is 0.00000164. The molecular formula is C30H27F4N3O. The largest absolute Gasteiger partial charge is 0.298 e. The van der Waals surface area contributed by atoms with E-state index in [1.165, 1.54) is 11.9 Å². The Hall–Kier alpha value is -4.07. The van der Waals surface area contributed by atoms with Gasteiger partial charge < -0.3 is 0 Å². The number of carbonyl (C=O) groups is 1. The second-order valence-electron chi connectivity index (χ2n) is 8.70. The molecule has 0 aliphatic heterocycles. The number of anilines is 1. The van der Waals surface area contributed by atoms with Crippen molar-refractivity contribution in [1.29, 1.82) is 0 Å². The molecule has 3 aromatic carbocycles. The highest BCUT2D eigenvalue weighted by Gasteiger charge is 2.28. The minimum atomic E-state index is -1.94. The molecule has 4 nitrogen and oxygen atoms in total. The molecule has 1 aliphatic carbocycles. The van der Waals surface area contributed by atoms with Crippen LogP contribution in [0.5, 0.6) is 0 Å². The van der Waals surface area contributed by atoms with Gasteiger partial charge in [0.2, 0.25) is 5.91 Å². The zero-order valence-electron chi connectivity index (χ0n) is 21.6. The van der Waals surface area contributed by atoms with Gasteiger partial charge in [-0.2, -0.15) is 0 Å². The van der Waals surface area contributed by atoms with Crippen LogP contribution < -0.4 is 4.90 Å². The molecule has 4 aromatic rings. The topological polar surface area (TPSA) is 46.1 Å². The van der Waals surface area contributed by atoms with Crippen molar-refractivity contribution in [3.05, 3.63) is 100 Å².